The normalized spacial score (nSPS) is 30.1. The van der Waals surface area contributed by atoms with Gasteiger partial charge in [0, 0.05) is 30.3 Å². The molecular weight excluding hydrogens is 234 g/mol. The summed E-state index contributed by atoms with van der Waals surface area (Å²) in [5.74, 6) is 0.739. The molecule has 0 amide bonds. The minimum absolute atomic E-state index is 0.681. The van der Waals surface area contributed by atoms with E-state index in [1.807, 2.05) is 6.20 Å². The van der Waals surface area contributed by atoms with Gasteiger partial charge >= 0.3 is 0 Å². The zero-order valence-electron chi connectivity index (χ0n) is 9.97. The molecule has 94 valence electrons. The first-order valence-corrected chi connectivity index (χ1v) is 7.16. The van der Waals surface area contributed by atoms with Crippen LogP contribution in [-0.2, 0) is 11.3 Å². The van der Waals surface area contributed by atoms with Gasteiger partial charge in [-0.05, 0) is 31.7 Å². The second kappa shape index (κ2) is 4.92. The standard InChI is InChI=1S/C12H19N3OS/c13-12-14-6-10(17-12)7-15-4-1-2-9-8-16-5-3-11(9)15/h6,9,11H,1-5,7-8H2,(H2,13,14). The van der Waals surface area contributed by atoms with Crippen LogP contribution < -0.4 is 5.73 Å². The summed E-state index contributed by atoms with van der Waals surface area (Å²) in [5, 5.41) is 0.681. The molecule has 2 aliphatic rings. The van der Waals surface area contributed by atoms with Crippen LogP contribution in [0.1, 0.15) is 24.1 Å². The quantitative estimate of drug-likeness (QED) is 0.872. The van der Waals surface area contributed by atoms with Crippen LogP contribution in [-0.4, -0.2) is 35.7 Å². The second-order valence-electron chi connectivity index (χ2n) is 4.97. The van der Waals surface area contributed by atoms with Gasteiger partial charge < -0.3 is 10.5 Å². The summed E-state index contributed by atoms with van der Waals surface area (Å²) >= 11 is 1.61. The van der Waals surface area contributed by atoms with Crippen LogP contribution in [0.5, 0.6) is 0 Å². The maximum atomic E-state index is 5.68. The van der Waals surface area contributed by atoms with Crippen molar-refractivity contribution in [3.05, 3.63) is 11.1 Å². The molecule has 17 heavy (non-hydrogen) atoms. The Bertz CT molecular complexity index is 380. The number of aromatic nitrogens is 1. The molecule has 4 nitrogen and oxygen atoms in total. The van der Waals surface area contributed by atoms with Gasteiger partial charge in [-0.2, -0.15) is 0 Å². The molecule has 0 bridgehead atoms. The Morgan fingerprint density at radius 2 is 2.47 bits per heavy atom. The number of ether oxygens (including phenoxy) is 1. The number of fused-ring (bicyclic) bond motifs is 1. The van der Waals surface area contributed by atoms with E-state index in [2.05, 4.69) is 9.88 Å². The Kier molecular flexibility index (Phi) is 3.31. The first kappa shape index (κ1) is 11.4. The minimum Gasteiger partial charge on any atom is -0.381 e. The van der Waals surface area contributed by atoms with Crippen LogP contribution in [0, 0.1) is 5.92 Å². The maximum Gasteiger partial charge on any atom is 0.180 e. The van der Waals surface area contributed by atoms with Crippen molar-refractivity contribution < 1.29 is 4.74 Å². The molecule has 2 saturated heterocycles. The zero-order chi connectivity index (χ0) is 11.7. The molecule has 0 spiro atoms. The fraction of sp³-hybridized carbons (Fsp3) is 0.750. The van der Waals surface area contributed by atoms with Crippen molar-refractivity contribution in [2.45, 2.75) is 31.8 Å². The molecular formula is C12H19N3OS. The number of piperidine rings is 1. The Labute approximate surface area is 106 Å². The van der Waals surface area contributed by atoms with Crippen molar-refractivity contribution >= 4 is 16.5 Å². The van der Waals surface area contributed by atoms with Gasteiger partial charge in [0.2, 0.25) is 0 Å². The topological polar surface area (TPSA) is 51.4 Å². The largest absolute Gasteiger partial charge is 0.381 e. The van der Waals surface area contributed by atoms with E-state index >= 15 is 0 Å². The number of nitrogens with two attached hydrogens (primary N) is 1. The number of likely N-dealkylation sites (tertiary alicyclic amines) is 1. The van der Waals surface area contributed by atoms with Crippen LogP contribution in [0.3, 0.4) is 0 Å². The number of hydrogen-bond donors (Lipinski definition) is 1. The van der Waals surface area contributed by atoms with Crippen molar-refractivity contribution in [1.29, 1.82) is 0 Å². The fourth-order valence-corrected chi connectivity index (χ4v) is 3.77. The molecule has 2 unspecified atom stereocenters. The predicted octanol–water partition coefficient (Wildman–Crippen LogP) is 1.73. The molecule has 3 heterocycles. The van der Waals surface area contributed by atoms with E-state index < -0.39 is 0 Å². The lowest BCUT2D eigenvalue weighted by Crippen LogP contribution is -2.49. The van der Waals surface area contributed by atoms with Crippen LogP contribution in [0.15, 0.2) is 6.20 Å². The lowest BCUT2D eigenvalue weighted by Gasteiger charge is -2.43. The average molecular weight is 253 g/mol. The zero-order valence-corrected chi connectivity index (χ0v) is 10.8. The Morgan fingerprint density at radius 1 is 1.53 bits per heavy atom. The van der Waals surface area contributed by atoms with Gasteiger partial charge in [-0.15, -0.1) is 11.3 Å². The maximum absolute atomic E-state index is 5.68. The van der Waals surface area contributed by atoms with E-state index in [0.29, 0.717) is 11.2 Å². The molecule has 0 aromatic carbocycles. The molecule has 0 saturated carbocycles. The number of thiazole rings is 1. The SMILES string of the molecule is Nc1ncc(CN2CCCC3COCCC32)s1. The summed E-state index contributed by atoms with van der Waals surface area (Å²) in [6, 6.07) is 0.709. The van der Waals surface area contributed by atoms with Crippen LogP contribution >= 0.6 is 11.3 Å². The third-order valence-electron chi connectivity index (χ3n) is 3.85. The van der Waals surface area contributed by atoms with E-state index in [-0.39, 0.29) is 0 Å². The fourth-order valence-electron chi connectivity index (χ4n) is 3.06. The van der Waals surface area contributed by atoms with Crippen LogP contribution in [0.2, 0.25) is 0 Å². The number of rotatable bonds is 2. The Hall–Kier alpha value is -0.650. The molecule has 2 aliphatic heterocycles. The monoisotopic (exact) mass is 253 g/mol. The summed E-state index contributed by atoms with van der Waals surface area (Å²) in [4.78, 5) is 8.02. The summed E-state index contributed by atoms with van der Waals surface area (Å²) in [6.45, 7) is 4.09. The van der Waals surface area contributed by atoms with Crippen LogP contribution in [0.4, 0.5) is 5.13 Å². The predicted molar refractivity (Wildman–Crippen MR) is 68.9 cm³/mol. The van der Waals surface area contributed by atoms with Crippen molar-refractivity contribution in [3.63, 3.8) is 0 Å². The molecule has 2 fully saturated rings. The third kappa shape index (κ3) is 2.46. The second-order valence-corrected chi connectivity index (χ2v) is 6.12. The number of nitrogen functional groups attached to an aromatic ring is 1. The Balaban J connectivity index is 1.68. The Morgan fingerprint density at radius 3 is 3.29 bits per heavy atom. The van der Waals surface area contributed by atoms with E-state index in [9.17, 15) is 0 Å². The van der Waals surface area contributed by atoms with Crippen LogP contribution in [0.25, 0.3) is 0 Å². The van der Waals surface area contributed by atoms with Gasteiger partial charge in [0.05, 0.1) is 6.61 Å². The van der Waals surface area contributed by atoms with Gasteiger partial charge in [0.25, 0.3) is 0 Å². The minimum atomic E-state index is 0.681. The molecule has 2 N–H and O–H groups in total. The smallest absolute Gasteiger partial charge is 0.180 e. The average Bonchev–Trinajstić information content (AvgIpc) is 2.75. The molecule has 1 aromatic heterocycles. The molecule has 3 rings (SSSR count). The highest BCUT2D eigenvalue weighted by atomic mass is 32.1. The van der Waals surface area contributed by atoms with E-state index in [4.69, 9.17) is 10.5 Å². The van der Waals surface area contributed by atoms with Gasteiger partial charge in [-0.1, -0.05) is 0 Å². The molecule has 0 radical (unpaired) electrons. The molecule has 5 heteroatoms. The lowest BCUT2D eigenvalue weighted by molar-refractivity contribution is -0.0381. The summed E-state index contributed by atoms with van der Waals surface area (Å²) in [7, 11) is 0. The summed E-state index contributed by atoms with van der Waals surface area (Å²) < 4.78 is 5.59. The van der Waals surface area contributed by atoms with E-state index in [1.165, 1.54) is 30.7 Å². The highest BCUT2D eigenvalue weighted by Gasteiger charge is 2.33. The van der Waals surface area contributed by atoms with E-state index in [0.717, 1.165) is 25.7 Å². The van der Waals surface area contributed by atoms with Gasteiger partial charge in [-0.25, -0.2) is 4.98 Å². The van der Waals surface area contributed by atoms with Crippen molar-refractivity contribution in [2.24, 2.45) is 5.92 Å². The first-order chi connectivity index (χ1) is 8.33. The third-order valence-corrected chi connectivity index (χ3v) is 4.66. The number of anilines is 1. The molecule has 2 atom stereocenters. The van der Waals surface area contributed by atoms with Gasteiger partial charge in [-0.3, -0.25) is 4.90 Å². The lowest BCUT2D eigenvalue weighted by atomic mass is 9.86. The van der Waals surface area contributed by atoms with Gasteiger partial charge in [0.1, 0.15) is 0 Å². The first-order valence-electron chi connectivity index (χ1n) is 6.35. The van der Waals surface area contributed by atoms with E-state index in [1.54, 1.807) is 11.3 Å². The highest BCUT2D eigenvalue weighted by molar-refractivity contribution is 7.15. The number of hydrogen-bond acceptors (Lipinski definition) is 5. The summed E-state index contributed by atoms with van der Waals surface area (Å²) in [5.41, 5.74) is 5.68. The van der Waals surface area contributed by atoms with Gasteiger partial charge in [0.15, 0.2) is 5.13 Å². The molecule has 0 aliphatic carbocycles. The highest BCUT2D eigenvalue weighted by Crippen LogP contribution is 2.31. The number of nitrogens with zero attached hydrogens (tertiary/aromatic N) is 2. The van der Waals surface area contributed by atoms with Crippen molar-refractivity contribution in [1.82, 2.24) is 9.88 Å². The molecule has 1 aromatic rings. The van der Waals surface area contributed by atoms with Crippen molar-refractivity contribution in [3.8, 4) is 0 Å². The summed E-state index contributed by atoms with van der Waals surface area (Å²) in [6.07, 6.45) is 5.71. The van der Waals surface area contributed by atoms with Crippen molar-refractivity contribution in [2.75, 3.05) is 25.5 Å².